The van der Waals surface area contributed by atoms with Crippen LogP contribution in [0.2, 0.25) is 0 Å². The second-order valence-electron chi connectivity index (χ2n) is 7.47. The van der Waals surface area contributed by atoms with E-state index in [1.165, 1.54) is 44.7 Å². The number of aliphatic hydroxyl groups excluding tert-OH is 1. The van der Waals surface area contributed by atoms with Crippen molar-refractivity contribution in [3.05, 3.63) is 77.5 Å². The number of carbonyl (C=O) groups is 2. The van der Waals surface area contributed by atoms with Crippen LogP contribution in [-0.4, -0.2) is 41.0 Å². The first-order valence-corrected chi connectivity index (χ1v) is 10.1. The number of amides is 1. The van der Waals surface area contributed by atoms with E-state index in [2.05, 4.69) is 9.97 Å². The molecule has 2 aromatic heterocycles. The third-order valence-electron chi connectivity index (χ3n) is 5.58. The van der Waals surface area contributed by atoms with E-state index in [-0.39, 0.29) is 28.6 Å². The molecular weight excluding hydrogens is 445 g/mol. The van der Waals surface area contributed by atoms with Crippen LogP contribution in [0.1, 0.15) is 17.4 Å². The van der Waals surface area contributed by atoms with Gasteiger partial charge in [-0.1, -0.05) is 0 Å². The number of hydrogen-bond acceptors (Lipinski definition) is 7. The first-order valence-electron chi connectivity index (χ1n) is 10.1. The minimum Gasteiger partial charge on any atom is -0.507 e. The molecule has 2 aromatic carbocycles. The smallest absolute Gasteiger partial charge is 0.302 e. The van der Waals surface area contributed by atoms with Gasteiger partial charge in [-0.2, -0.15) is 0 Å². The summed E-state index contributed by atoms with van der Waals surface area (Å²) in [5.74, 6) is -1.88. The van der Waals surface area contributed by atoms with Crippen LogP contribution < -0.4 is 14.4 Å². The number of benzene rings is 2. The van der Waals surface area contributed by atoms with Gasteiger partial charge in [-0.25, -0.2) is 9.37 Å². The maximum absolute atomic E-state index is 13.7. The number of Topliss-reactive ketones (excluding diaryl/α,β-unsaturated/α-hetero) is 1. The zero-order valence-corrected chi connectivity index (χ0v) is 18.0. The topological polar surface area (TPSA) is 118 Å². The highest BCUT2D eigenvalue weighted by Crippen LogP contribution is 2.43. The molecule has 0 aliphatic carbocycles. The summed E-state index contributed by atoms with van der Waals surface area (Å²) in [6.45, 7) is 0. The molecule has 34 heavy (non-hydrogen) atoms. The SMILES string of the molecule is COc1ccc(/C(O)=C2\C(=O)C(=O)N(c3nc4ccc(F)cc4[nH]3)C2c2ccco2)c(OC)c1. The molecule has 1 saturated heterocycles. The summed E-state index contributed by atoms with van der Waals surface area (Å²) in [5.41, 5.74) is 0.708. The van der Waals surface area contributed by atoms with Crippen LogP contribution in [-0.2, 0) is 9.59 Å². The van der Waals surface area contributed by atoms with Gasteiger partial charge in [0.15, 0.2) is 0 Å². The van der Waals surface area contributed by atoms with E-state index < -0.39 is 29.3 Å². The number of H-pyrrole nitrogens is 1. The van der Waals surface area contributed by atoms with Crippen LogP contribution in [0.15, 0.2) is 64.8 Å². The molecule has 4 aromatic rings. The van der Waals surface area contributed by atoms with Gasteiger partial charge in [-0.15, -0.1) is 0 Å². The first kappa shape index (κ1) is 21.3. The van der Waals surface area contributed by atoms with Crippen LogP contribution >= 0.6 is 0 Å². The molecule has 2 N–H and O–H groups in total. The lowest BCUT2D eigenvalue weighted by atomic mass is 9.98. The number of ether oxygens (including phenoxy) is 2. The lowest BCUT2D eigenvalue weighted by Crippen LogP contribution is -2.30. The molecule has 1 aliphatic rings. The number of imidazole rings is 1. The summed E-state index contributed by atoms with van der Waals surface area (Å²) >= 11 is 0. The van der Waals surface area contributed by atoms with Gasteiger partial charge in [0.1, 0.15) is 34.9 Å². The van der Waals surface area contributed by atoms with Gasteiger partial charge in [0.2, 0.25) is 5.95 Å². The van der Waals surface area contributed by atoms with Crippen molar-refractivity contribution < 1.29 is 33.0 Å². The second kappa shape index (κ2) is 8.07. The predicted octanol–water partition coefficient (Wildman–Crippen LogP) is 3.94. The summed E-state index contributed by atoms with van der Waals surface area (Å²) < 4.78 is 29.8. The number of fused-ring (bicyclic) bond motifs is 1. The zero-order chi connectivity index (χ0) is 24.0. The average molecular weight is 463 g/mol. The molecule has 5 rings (SSSR count). The van der Waals surface area contributed by atoms with E-state index in [1.54, 1.807) is 24.3 Å². The number of methoxy groups -OCH3 is 2. The molecule has 172 valence electrons. The lowest BCUT2D eigenvalue weighted by molar-refractivity contribution is -0.132. The Labute approximate surface area is 192 Å². The Morgan fingerprint density at radius 2 is 1.97 bits per heavy atom. The zero-order valence-electron chi connectivity index (χ0n) is 18.0. The van der Waals surface area contributed by atoms with Gasteiger partial charge < -0.3 is 24.0 Å². The Kier molecular flexibility index (Phi) is 5.05. The fourth-order valence-electron chi connectivity index (χ4n) is 3.99. The summed E-state index contributed by atoms with van der Waals surface area (Å²) in [4.78, 5) is 34.6. The third-order valence-corrected chi connectivity index (χ3v) is 5.58. The summed E-state index contributed by atoms with van der Waals surface area (Å²) in [6.07, 6.45) is 1.39. The second-order valence-corrected chi connectivity index (χ2v) is 7.47. The first-order chi connectivity index (χ1) is 16.4. The van der Waals surface area contributed by atoms with Crippen molar-refractivity contribution >= 4 is 34.4 Å². The third kappa shape index (κ3) is 3.27. The number of aromatic amines is 1. The Bertz CT molecular complexity index is 1460. The van der Waals surface area contributed by atoms with E-state index in [0.29, 0.717) is 16.8 Å². The molecule has 0 radical (unpaired) electrons. The maximum atomic E-state index is 13.7. The van der Waals surface area contributed by atoms with Gasteiger partial charge in [-0.05, 0) is 42.5 Å². The number of furan rings is 1. The highest BCUT2D eigenvalue weighted by Gasteiger charge is 2.49. The van der Waals surface area contributed by atoms with Crippen LogP contribution in [0.4, 0.5) is 10.3 Å². The van der Waals surface area contributed by atoms with Gasteiger partial charge in [0, 0.05) is 6.07 Å². The monoisotopic (exact) mass is 463 g/mol. The van der Waals surface area contributed by atoms with E-state index in [0.717, 1.165) is 4.90 Å². The van der Waals surface area contributed by atoms with Crippen LogP contribution in [0.25, 0.3) is 16.8 Å². The summed E-state index contributed by atoms with van der Waals surface area (Å²) in [7, 11) is 2.89. The number of halogens is 1. The van der Waals surface area contributed by atoms with Crippen molar-refractivity contribution in [2.24, 2.45) is 0 Å². The summed E-state index contributed by atoms with van der Waals surface area (Å²) in [6, 6.07) is 10.6. The van der Waals surface area contributed by atoms with E-state index in [4.69, 9.17) is 13.9 Å². The molecule has 1 atom stereocenters. The molecule has 10 heteroatoms. The highest BCUT2D eigenvalue weighted by molar-refractivity contribution is 6.51. The van der Waals surface area contributed by atoms with Gasteiger partial charge in [-0.3, -0.25) is 14.5 Å². The molecular formula is C24H18FN3O6. The molecule has 1 unspecified atom stereocenters. The fraction of sp³-hybridized carbons (Fsp3) is 0.125. The van der Waals surface area contributed by atoms with Crippen LogP contribution in [0, 0.1) is 5.82 Å². The normalized spacial score (nSPS) is 17.5. The number of rotatable bonds is 5. The fourth-order valence-corrected chi connectivity index (χ4v) is 3.99. The predicted molar refractivity (Wildman–Crippen MR) is 119 cm³/mol. The molecule has 1 fully saturated rings. The molecule has 1 amide bonds. The number of aliphatic hydroxyl groups is 1. The van der Waals surface area contributed by atoms with Gasteiger partial charge >= 0.3 is 5.91 Å². The van der Waals surface area contributed by atoms with Crippen molar-refractivity contribution in [1.29, 1.82) is 0 Å². The lowest BCUT2D eigenvalue weighted by Gasteiger charge is -2.21. The van der Waals surface area contributed by atoms with E-state index in [9.17, 15) is 19.1 Å². The Balaban J connectivity index is 1.71. The molecule has 0 bridgehead atoms. The maximum Gasteiger partial charge on any atom is 0.302 e. The highest BCUT2D eigenvalue weighted by atomic mass is 19.1. The van der Waals surface area contributed by atoms with Crippen molar-refractivity contribution in [2.45, 2.75) is 6.04 Å². The Morgan fingerprint density at radius 1 is 1.15 bits per heavy atom. The largest absolute Gasteiger partial charge is 0.507 e. The average Bonchev–Trinajstić information content (AvgIpc) is 3.56. The minimum atomic E-state index is -1.13. The number of ketones is 1. The van der Waals surface area contributed by atoms with Crippen molar-refractivity contribution in [1.82, 2.24) is 9.97 Å². The van der Waals surface area contributed by atoms with Crippen molar-refractivity contribution in [3.8, 4) is 11.5 Å². The molecule has 9 nitrogen and oxygen atoms in total. The van der Waals surface area contributed by atoms with Crippen LogP contribution in [0.5, 0.6) is 11.5 Å². The van der Waals surface area contributed by atoms with Crippen molar-refractivity contribution in [3.63, 3.8) is 0 Å². The molecule has 3 heterocycles. The number of nitrogens with zero attached hydrogens (tertiary/aromatic N) is 2. The minimum absolute atomic E-state index is 0.00449. The van der Waals surface area contributed by atoms with Gasteiger partial charge in [0.25, 0.3) is 5.78 Å². The summed E-state index contributed by atoms with van der Waals surface area (Å²) in [5, 5.41) is 11.2. The quantitative estimate of drug-likeness (QED) is 0.261. The van der Waals surface area contributed by atoms with E-state index in [1.807, 2.05) is 0 Å². The number of carbonyl (C=O) groups excluding carboxylic acids is 2. The number of nitrogens with one attached hydrogen (secondary N) is 1. The molecule has 0 spiro atoms. The Hall–Kier alpha value is -4.60. The van der Waals surface area contributed by atoms with E-state index >= 15 is 0 Å². The van der Waals surface area contributed by atoms with Gasteiger partial charge in [0.05, 0.1) is 42.7 Å². The standard InChI is InChI=1S/C24H18FN3O6/c1-32-13-6-7-14(18(11-13)33-2)21(29)19-20(17-4-3-9-34-17)28(23(31)22(19)30)24-26-15-8-5-12(25)10-16(15)27-24/h3-11,20,29H,1-2H3,(H,26,27)/b21-19+. The number of aromatic nitrogens is 2. The molecule has 0 saturated carbocycles. The van der Waals surface area contributed by atoms with Crippen LogP contribution in [0.3, 0.4) is 0 Å². The number of hydrogen-bond donors (Lipinski definition) is 2. The van der Waals surface area contributed by atoms with Crippen molar-refractivity contribution in [2.75, 3.05) is 19.1 Å². The number of anilines is 1. The molecule has 1 aliphatic heterocycles. The Morgan fingerprint density at radius 3 is 2.68 bits per heavy atom.